The fourth-order valence-corrected chi connectivity index (χ4v) is 1.05. The van der Waals surface area contributed by atoms with Gasteiger partial charge in [0.15, 0.2) is 0 Å². The summed E-state index contributed by atoms with van der Waals surface area (Å²) < 4.78 is 12.0. The number of aryl methyl sites for hydroxylation is 2. The first kappa shape index (κ1) is 9.64. The number of nitrogens with zero attached hydrogens (tertiary/aromatic N) is 1. The predicted octanol–water partition coefficient (Wildman–Crippen LogP) is 1.60. The van der Waals surface area contributed by atoms with Gasteiger partial charge >= 0.3 is 5.97 Å². The van der Waals surface area contributed by atoms with Crippen molar-refractivity contribution in [3.05, 3.63) is 29.1 Å². The molecule has 0 fully saturated rings. The Morgan fingerprint density at radius 3 is 2.92 bits per heavy atom. The van der Waals surface area contributed by atoms with E-state index in [9.17, 15) is 9.18 Å². The zero-order valence-corrected chi connectivity index (χ0v) is 7.25. The van der Waals surface area contributed by atoms with E-state index in [2.05, 4.69) is 4.98 Å². The van der Waals surface area contributed by atoms with Crippen LogP contribution in [0.3, 0.4) is 0 Å². The summed E-state index contributed by atoms with van der Waals surface area (Å²) >= 11 is 0. The molecule has 1 aromatic heterocycles. The molecule has 0 aliphatic heterocycles. The smallest absolute Gasteiger partial charge is 0.337 e. The highest BCUT2D eigenvalue weighted by molar-refractivity contribution is 5.87. The molecule has 0 atom stereocenters. The Morgan fingerprint density at radius 2 is 2.38 bits per heavy atom. The summed E-state index contributed by atoms with van der Waals surface area (Å²) in [4.78, 5) is 14.4. The number of hydrogen-bond donors (Lipinski definition) is 1. The van der Waals surface area contributed by atoms with Crippen molar-refractivity contribution in [1.82, 2.24) is 4.98 Å². The lowest BCUT2D eigenvalue weighted by Crippen LogP contribution is -2.02. The van der Waals surface area contributed by atoms with E-state index in [0.717, 1.165) is 0 Å². The molecule has 0 aromatic carbocycles. The average Bonchev–Trinajstić information content (AvgIpc) is 2.08. The van der Waals surface area contributed by atoms with Gasteiger partial charge in [0.1, 0.15) is 0 Å². The first-order chi connectivity index (χ1) is 6.15. The number of hydrogen-bond acceptors (Lipinski definition) is 2. The lowest BCUT2D eigenvalue weighted by molar-refractivity contribution is 0.0696. The van der Waals surface area contributed by atoms with Crippen LogP contribution in [-0.2, 0) is 6.42 Å². The van der Waals surface area contributed by atoms with Gasteiger partial charge in [-0.15, -0.1) is 0 Å². The van der Waals surface area contributed by atoms with Gasteiger partial charge < -0.3 is 5.11 Å². The van der Waals surface area contributed by atoms with Gasteiger partial charge in [0.2, 0.25) is 0 Å². The van der Waals surface area contributed by atoms with Crippen molar-refractivity contribution in [2.45, 2.75) is 13.3 Å². The molecule has 0 aliphatic rings. The maximum atomic E-state index is 12.0. The third-order valence-electron chi connectivity index (χ3n) is 1.80. The Bertz CT molecular complexity index is 325. The van der Waals surface area contributed by atoms with Crippen LogP contribution in [0.1, 0.15) is 21.6 Å². The van der Waals surface area contributed by atoms with Crippen molar-refractivity contribution in [3.63, 3.8) is 0 Å². The summed E-state index contributed by atoms with van der Waals surface area (Å²) in [7, 11) is 0. The second kappa shape index (κ2) is 3.98. The summed E-state index contributed by atoms with van der Waals surface area (Å²) in [6.07, 6.45) is 1.50. The molecule has 0 bridgehead atoms. The minimum absolute atomic E-state index is 0.106. The van der Waals surface area contributed by atoms with E-state index in [1.165, 1.54) is 12.3 Å². The monoisotopic (exact) mass is 183 g/mol. The molecule has 1 rings (SSSR count). The van der Waals surface area contributed by atoms with Crippen LogP contribution in [0.4, 0.5) is 4.39 Å². The van der Waals surface area contributed by atoms with Crippen molar-refractivity contribution in [3.8, 4) is 0 Å². The van der Waals surface area contributed by atoms with E-state index in [0.29, 0.717) is 11.3 Å². The maximum Gasteiger partial charge on any atom is 0.337 e. The van der Waals surface area contributed by atoms with Gasteiger partial charge in [0, 0.05) is 18.3 Å². The molecule has 0 saturated heterocycles. The Hall–Kier alpha value is -1.45. The molecule has 1 heterocycles. The number of carbonyl (C=O) groups is 1. The molecule has 1 N–H and O–H groups in total. The number of aromatic nitrogens is 1. The molecule has 70 valence electrons. The van der Waals surface area contributed by atoms with Gasteiger partial charge in [-0.05, 0) is 18.6 Å². The van der Waals surface area contributed by atoms with Gasteiger partial charge in [0.05, 0.1) is 12.2 Å². The second-order valence-corrected chi connectivity index (χ2v) is 2.71. The molecule has 13 heavy (non-hydrogen) atoms. The first-order valence-electron chi connectivity index (χ1n) is 3.90. The van der Waals surface area contributed by atoms with Crippen molar-refractivity contribution in [2.75, 3.05) is 6.67 Å². The van der Waals surface area contributed by atoms with Crippen LogP contribution in [0.25, 0.3) is 0 Å². The van der Waals surface area contributed by atoms with E-state index < -0.39 is 12.6 Å². The number of halogens is 1. The number of rotatable bonds is 3. The highest BCUT2D eigenvalue weighted by Gasteiger charge is 2.06. The van der Waals surface area contributed by atoms with Crippen LogP contribution in [0.5, 0.6) is 0 Å². The Labute approximate surface area is 75.2 Å². The fraction of sp³-hybridized carbons (Fsp3) is 0.333. The molecule has 3 nitrogen and oxygen atoms in total. The van der Waals surface area contributed by atoms with Crippen LogP contribution < -0.4 is 0 Å². The average molecular weight is 183 g/mol. The third-order valence-corrected chi connectivity index (χ3v) is 1.80. The van der Waals surface area contributed by atoms with Crippen LogP contribution in [0.15, 0.2) is 12.3 Å². The minimum atomic E-state index is -1.03. The van der Waals surface area contributed by atoms with Gasteiger partial charge in [-0.25, -0.2) is 4.79 Å². The number of carboxylic acids is 1. The van der Waals surface area contributed by atoms with Gasteiger partial charge in [-0.2, -0.15) is 0 Å². The Kier molecular flexibility index (Phi) is 2.95. The second-order valence-electron chi connectivity index (χ2n) is 2.71. The van der Waals surface area contributed by atoms with Crippen LogP contribution in [0, 0.1) is 6.92 Å². The summed E-state index contributed by atoms with van der Waals surface area (Å²) in [6, 6.07) is 1.46. The molecule has 0 amide bonds. The van der Waals surface area contributed by atoms with Crippen LogP contribution in [-0.4, -0.2) is 22.7 Å². The van der Waals surface area contributed by atoms with E-state index in [4.69, 9.17) is 5.11 Å². The molecule has 0 saturated carbocycles. The summed E-state index contributed by atoms with van der Waals surface area (Å²) in [5.74, 6) is -1.03. The van der Waals surface area contributed by atoms with Crippen molar-refractivity contribution in [2.24, 2.45) is 0 Å². The minimum Gasteiger partial charge on any atom is -0.478 e. The SMILES string of the molecule is Cc1ncc(C(=O)O)cc1CCF. The Morgan fingerprint density at radius 1 is 1.69 bits per heavy atom. The molecule has 0 spiro atoms. The number of alkyl halides is 1. The molecular weight excluding hydrogens is 173 g/mol. The molecule has 4 heteroatoms. The maximum absolute atomic E-state index is 12.0. The normalized spacial score (nSPS) is 10.0. The fourth-order valence-electron chi connectivity index (χ4n) is 1.05. The predicted molar refractivity (Wildman–Crippen MR) is 45.6 cm³/mol. The third kappa shape index (κ3) is 2.24. The van der Waals surface area contributed by atoms with Gasteiger partial charge in [-0.3, -0.25) is 9.37 Å². The van der Waals surface area contributed by atoms with Crippen molar-refractivity contribution in [1.29, 1.82) is 0 Å². The summed E-state index contributed by atoms with van der Waals surface area (Å²) in [5, 5.41) is 8.63. The molecular formula is C9H10FNO2. The molecule has 0 aliphatic carbocycles. The van der Waals surface area contributed by atoms with Crippen LogP contribution >= 0.6 is 0 Å². The van der Waals surface area contributed by atoms with Crippen LogP contribution in [0.2, 0.25) is 0 Å². The van der Waals surface area contributed by atoms with Gasteiger partial charge in [-0.1, -0.05) is 0 Å². The molecule has 0 radical (unpaired) electrons. The number of aromatic carboxylic acids is 1. The van der Waals surface area contributed by atoms with E-state index in [-0.39, 0.29) is 12.0 Å². The first-order valence-corrected chi connectivity index (χ1v) is 3.90. The van der Waals surface area contributed by atoms with E-state index in [1.807, 2.05) is 0 Å². The number of pyridine rings is 1. The van der Waals surface area contributed by atoms with Gasteiger partial charge in [0.25, 0.3) is 0 Å². The quantitative estimate of drug-likeness (QED) is 0.774. The topological polar surface area (TPSA) is 50.2 Å². The lowest BCUT2D eigenvalue weighted by atomic mass is 10.1. The standard InChI is InChI=1S/C9H10FNO2/c1-6-7(2-3-10)4-8(5-11-6)9(12)13/h4-5H,2-3H2,1H3,(H,12,13). The number of carboxylic acid groups (broad SMARTS) is 1. The zero-order valence-electron chi connectivity index (χ0n) is 7.25. The largest absolute Gasteiger partial charge is 0.478 e. The molecule has 0 unspecified atom stereocenters. The highest BCUT2D eigenvalue weighted by Crippen LogP contribution is 2.09. The summed E-state index contributed by atoms with van der Waals surface area (Å²) in [5.41, 5.74) is 1.44. The van der Waals surface area contributed by atoms with E-state index >= 15 is 0 Å². The lowest BCUT2D eigenvalue weighted by Gasteiger charge is -2.02. The molecule has 1 aromatic rings. The Balaban J connectivity index is 3.03. The summed E-state index contributed by atoms with van der Waals surface area (Å²) in [6.45, 7) is 1.24. The van der Waals surface area contributed by atoms with Crippen molar-refractivity contribution < 1.29 is 14.3 Å². The zero-order chi connectivity index (χ0) is 9.84. The van der Waals surface area contributed by atoms with E-state index in [1.54, 1.807) is 6.92 Å². The highest BCUT2D eigenvalue weighted by atomic mass is 19.1. The van der Waals surface area contributed by atoms with Crippen molar-refractivity contribution >= 4 is 5.97 Å².